The Bertz CT molecular complexity index is 1490. The molecule has 0 unspecified atom stereocenters. The highest BCUT2D eigenvalue weighted by Crippen LogP contribution is 2.25. The van der Waals surface area contributed by atoms with E-state index in [2.05, 4.69) is 15.5 Å². The van der Waals surface area contributed by atoms with Gasteiger partial charge in [-0.3, -0.25) is 18.6 Å². The molecule has 0 aliphatic rings. The number of thioether (sulfide) groups is 1. The Morgan fingerprint density at radius 3 is 2.66 bits per heavy atom. The molecule has 0 atom stereocenters. The zero-order valence-electron chi connectivity index (χ0n) is 16.6. The predicted octanol–water partition coefficient (Wildman–Crippen LogP) is 4.54. The summed E-state index contributed by atoms with van der Waals surface area (Å²) in [6.45, 7) is 0.382. The number of nitrogens with zero attached hydrogens (tertiary/aromatic N) is 4. The summed E-state index contributed by atoms with van der Waals surface area (Å²) >= 11 is 8.75. The molecule has 1 N–H and O–H groups in total. The third kappa shape index (κ3) is 3.90. The van der Waals surface area contributed by atoms with E-state index >= 15 is 0 Å². The van der Waals surface area contributed by atoms with Crippen molar-refractivity contribution in [2.75, 3.05) is 11.1 Å². The van der Waals surface area contributed by atoms with Crippen molar-refractivity contribution in [3.05, 3.63) is 87.0 Å². The van der Waals surface area contributed by atoms with Crippen molar-refractivity contribution in [2.45, 2.75) is 11.7 Å². The molecule has 10 heteroatoms. The van der Waals surface area contributed by atoms with Gasteiger partial charge in [0.2, 0.25) is 11.7 Å². The van der Waals surface area contributed by atoms with Crippen molar-refractivity contribution in [1.82, 2.24) is 19.2 Å². The first-order valence-electron chi connectivity index (χ1n) is 9.68. The maximum absolute atomic E-state index is 13.1. The van der Waals surface area contributed by atoms with E-state index in [0.29, 0.717) is 32.9 Å². The van der Waals surface area contributed by atoms with E-state index < -0.39 is 0 Å². The number of fused-ring (bicyclic) bond motifs is 3. The monoisotopic (exact) mass is 481 g/mol. The number of para-hydroxylation sites is 1. The summed E-state index contributed by atoms with van der Waals surface area (Å²) in [6.07, 6.45) is 0. The van der Waals surface area contributed by atoms with Gasteiger partial charge in [0.15, 0.2) is 5.16 Å². The molecule has 2 aromatic carbocycles. The molecule has 1 amide bonds. The Kier molecular flexibility index (Phi) is 5.69. The first kappa shape index (κ1) is 20.7. The number of hydrogen-bond donors (Lipinski definition) is 1. The first-order valence-corrected chi connectivity index (χ1v) is 11.9. The standard InChI is InChI=1S/C22H16ClN5O2S2/c23-15-8-4-5-9-16(15)24-18(29)13-32-22-26-25-21-27(12-14-6-2-1-3-7-14)20(30)19-17(28(21)22)10-11-31-19/h1-11H,12-13H2,(H,24,29). The van der Waals surface area contributed by atoms with Crippen LogP contribution in [0.5, 0.6) is 0 Å². The molecule has 5 aromatic rings. The molecule has 7 nitrogen and oxygen atoms in total. The number of carbonyl (C=O) groups is 1. The lowest BCUT2D eigenvalue weighted by Crippen LogP contribution is -2.23. The Morgan fingerprint density at radius 1 is 1.06 bits per heavy atom. The molecule has 0 radical (unpaired) electrons. The number of thiophene rings is 1. The van der Waals surface area contributed by atoms with Gasteiger partial charge in [0.1, 0.15) is 4.70 Å². The highest BCUT2D eigenvalue weighted by atomic mass is 35.5. The number of amides is 1. The van der Waals surface area contributed by atoms with Crippen molar-refractivity contribution < 1.29 is 4.79 Å². The van der Waals surface area contributed by atoms with Gasteiger partial charge in [-0.25, -0.2) is 0 Å². The van der Waals surface area contributed by atoms with E-state index in [1.807, 2.05) is 46.2 Å². The van der Waals surface area contributed by atoms with Crippen LogP contribution >= 0.6 is 34.7 Å². The van der Waals surface area contributed by atoms with E-state index in [0.717, 1.165) is 11.1 Å². The number of anilines is 1. The SMILES string of the molecule is O=C(CSc1nnc2n(Cc3ccccc3)c(=O)c3sccc3n12)Nc1ccccc1Cl. The number of halogens is 1. The second-order valence-corrected chi connectivity index (χ2v) is 9.21. The quantitative estimate of drug-likeness (QED) is 0.360. The van der Waals surface area contributed by atoms with Crippen molar-refractivity contribution in [2.24, 2.45) is 0 Å². The minimum atomic E-state index is -0.209. The third-order valence-electron chi connectivity index (χ3n) is 4.85. The second-order valence-electron chi connectivity index (χ2n) is 6.95. The number of rotatable bonds is 6. The summed E-state index contributed by atoms with van der Waals surface area (Å²) in [6, 6.07) is 18.7. The molecule has 0 spiro atoms. The molecule has 5 rings (SSSR count). The van der Waals surface area contributed by atoms with Crippen molar-refractivity contribution in [3.8, 4) is 0 Å². The van der Waals surface area contributed by atoms with E-state index in [9.17, 15) is 9.59 Å². The first-order chi connectivity index (χ1) is 15.6. The lowest BCUT2D eigenvalue weighted by molar-refractivity contribution is -0.113. The molecule has 3 heterocycles. The van der Waals surface area contributed by atoms with E-state index in [-0.39, 0.29) is 17.2 Å². The van der Waals surface area contributed by atoms with E-state index in [1.165, 1.54) is 23.1 Å². The van der Waals surface area contributed by atoms with Crippen LogP contribution in [0, 0.1) is 0 Å². The average Bonchev–Trinajstić information content (AvgIpc) is 3.45. The van der Waals surface area contributed by atoms with Gasteiger partial charge in [-0.2, -0.15) is 0 Å². The third-order valence-corrected chi connectivity index (χ3v) is 7.00. The van der Waals surface area contributed by atoms with Crippen LogP contribution in [0.1, 0.15) is 5.56 Å². The molecule has 3 aromatic heterocycles. The van der Waals surface area contributed by atoms with Gasteiger partial charge in [-0.05, 0) is 29.1 Å². The number of carbonyl (C=O) groups excluding carboxylic acids is 1. The average molecular weight is 482 g/mol. The molecule has 0 saturated carbocycles. The number of benzene rings is 2. The lowest BCUT2D eigenvalue weighted by Gasteiger charge is -2.10. The molecule has 0 bridgehead atoms. The van der Waals surface area contributed by atoms with Crippen molar-refractivity contribution >= 4 is 62.3 Å². The van der Waals surface area contributed by atoms with Gasteiger partial charge in [-0.1, -0.05) is 65.8 Å². The normalized spacial score (nSPS) is 11.3. The van der Waals surface area contributed by atoms with Gasteiger partial charge >= 0.3 is 0 Å². The summed E-state index contributed by atoms with van der Waals surface area (Å²) in [5, 5.41) is 14.3. The fourth-order valence-corrected chi connectivity index (χ4v) is 5.13. The maximum Gasteiger partial charge on any atom is 0.273 e. The lowest BCUT2D eigenvalue weighted by atomic mass is 10.2. The molecule has 0 saturated heterocycles. The van der Waals surface area contributed by atoms with Crippen molar-refractivity contribution in [3.63, 3.8) is 0 Å². The smallest absolute Gasteiger partial charge is 0.273 e. The molecular weight excluding hydrogens is 466 g/mol. The van der Waals surface area contributed by atoms with Crippen LogP contribution in [0.15, 0.2) is 76.0 Å². The van der Waals surface area contributed by atoms with Crippen LogP contribution in [0.3, 0.4) is 0 Å². The number of nitrogens with one attached hydrogen (secondary N) is 1. The predicted molar refractivity (Wildman–Crippen MR) is 129 cm³/mol. The molecule has 0 aliphatic heterocycles. The summed E-state index contributed by atoms with van der Waals surface area (Å²) in [7, 11) is 0. The van der Waals surface area contributed by atoms with Gasteiger partial charge in [0, 0.05) is 0 Å². The van der Waals surface area contributed by atoms with Crippen LogP contribution in [0.25, 0.3) is 16.0 Å². The highest BCUT2D eigenvalue weighted by Gasteiger charge is 2.19. The van der Waals surface area contributed by atoms with Crippen LogP contribution in [-0.4, -0.2) is 30.8 Å². The summed E-state index contributed by atoms with van der Waals surface area (Å²) in [5.74, 6) is 0.355. The summed E-state index contributed by atoms with van der Waals surface area (Å²) < 4.78 is 4.08. The van der Waals surface area contributed by atoms with Gasteiger partial charge in [0.05, 0.1) is 28.5 Å². The molecule has 0 aliphatic carbocycles. The summed E-state index contributed by atoms with van der Waals surface area (Å²) in [5.41, 5.74) is 2.18. The molecular formula is C22H16ClN5O2S2. The van der Waals surface area contributed by atoms with Crippen LogP contribution in [0.4, 0.5) is 5.69 Å². The fraction of sp³-hybridized carbons (Fsp3) is 0.0909. The minimum absolute atomic E-state index is 0.105. The van der Waals surface area contributed by atoms with E-state index in [4.69, 9.17) is 11.6 Å². The molecule has 32 heavy (non-hydrogen) atoms. The molecule has 0 fully saturated rings. The largest absolute Gasteiger partial charge is 0.324 e. The Morgan fingerprint density at radius 2 is 1.84 bits per heavy atom. The molecule has 160 valence electrons. The van der Waals surface area contributed by atoms with Gasteiger partial charge < -0.3 is 5.32 Å². The van der Waals surface area contributed by atoms with Crippen LogP contribution < -0.4 is 10.9 Å². The fourth-order valence-electron chi connectivity index (χ4n) is 3.38. The van der Waals surface area contributed by atoms with Gasteiger partial charge in [0.25, 0.3) is 5.56 Å². The minimum Gasteiger partial charge on any atom is -0.324 e. The Hall–Kier alpha value is -3.14. The zero-order valence-corrected chi connectivity index (χ0v) is 19.0. The van der Waals surface area contributed by atoms with E-state index in [1.54, 1.807) is 28.8 Å². The summed E-state index contributed by atoms with van der Waals surface area (Å²) in [4.78, 5) is 25.6. The topological polar surface area (TPSA) is 81.3 Å². The Labute approximate surface area is 195 Å². The second kappa shape index (κ2) is 8.78. The van der Waals surface area contributed by atoms with Crippen molar-refractivity contribution in [1.29, 1.82) is 0 Å². The number of aromatic nitrogens is 4. The van der Waals surface area contributed by atoms with Crippen LogP contribution in [-0.2, 0) is 11.3 Å². The maximum atomic E-state index is 13.1. The highest BCUT2D eigenvalue weighted by molar-refractivity contribution is 7.99. The van der Waals surface area contributed by atoms with Crippen LogP contribution in [0.2, 0.25) is 5.02 Å². The zero-order chi connectivity index (χ0) is 22.1. The van der Waals surface area contributed by atoms with Gasteiger partial charge in [-0.15, -0.1) is 21.5 Å². The Balaban J connectivity index is 1.48. The number of hydrogen-bond acceptors (Lipinski definition) is 6.